The van der Waals surface area contributed by atoms with E-state index in [0.717, 1.165) is 0 Å². The molecule has 0 aromatic heterocycles. The Balaban J connectivity index is 6.92. The molecule has 0 aromatic carbocycles. The van der Waals surface area contributed by atoms with E-state index >= 15 is 0 Å². The highest BCUT2D eigenvalue weighted by molar-refractivity contribution is 6.22. The summed E-state index contributed by atoms with van der Waals surface area (Å²) in [7, 11) is 0. The van der Waals surface area contributed by atoms with Crippen molar-refractivity contribution in [3.8, 4) is 0 Å². The molecule has 0 bridgehead atoms. The van der Waals surface area contributed by atoms with Gasteiger partial charge in [0.15, 0.2) is 5.83 Å². The maximum Gasteiger partial charge on any atom is 0.393 e. The number of halogens is 29. The molecule has 45 heavy (non-hydrogen) atoms. The second-order valence-electron chi connectivity index (χ2n) is 8.20. The molecule has 0 heterocycles. The van der Waals surface area contributed by atoms with E-state index in [1.807, 2.05) is 0 Å². The molecule has 0 aliphatic rings. The molecule has 0 N–H and O–H groups in total. The van der Waals surface area contributed by atoms with Crippen LogP contribution in [0.1, 0.15) is 6.42 Å². The topological polar surface area (TPSA) is 0 Å². The Morgan fingerprint density at radius 2 is 0.578 bits per heavy atom. The third-order valence-corrected chi connectivity index (χ3v) is 5.64. The summed E-state index contributed by atoms with van der Waals surface area (Å²) in [6.45, 7) is 0. The molecule has 0 fully saturated rings. The minimum absolute atomic E-state index is 2.45. The molecule has 0 radical (unpaired) electrons. The van der Waals surface area contributed by atoms with Crippen LogP contribution in [-0.2, 0) is 0 Å². The van der Waals surface area contributed by atoms with Gasteiger partial charge in [-0.1, -0.05) is 0 Å². The molecule has 0 nitrogen and oxygen atoms in total. The Morgan fingerprint density at radius 3 is 0.844 bits per heavy atom. The molecule has 0 rings (SSSR count). The first-order chi connectivity index (χ1) is 18.9. The van der Waals surface area contributed by atoms with E-state index in [9.17, 15) is 119 Å². The number of rotatable bonds is 14. The van der Waals surface area contributed by atoms with E-state index in [-0.39, 0.29) is 0 Å². The highest BCUT2D eigenvalue weighted by atomic mass is 35.5. The second kappa shape index (κ2) is 11.0. The SMILES string of the molecule is F/C(=C\CC(F)(F)C(F)(F)C(F)(F)C(F)(F)C(F)(F)C(F)(F)C(F)(F)C(F)(F)Cl)C(F)(F)C(F)(F)C(F)(F)C(F)(F)C(F)(F)Cl. The van der Waals surface area contributed by atoms with Crippen LogP contribution < -0.4 is 0 Å². The summed E-state index contributed by atoms with van der Waals surface area (Å²) in [6, 6.07) is 0. The Labute approximate surface area is 237 Å². The van der Waals surface area contributed by atoms with E-state index in [1.165, 1.54) is 0 Å². The third-order valence-electron chi connectivity index (χ3n) is 5.16. The fraction of sp³-hybridized carbons (Fsp3) is 0.875. The van der Waals surface area contributed by atoms with E-state index < -0.39 is 94.2 Å². The van der Waals surface area contributed by atoms with Crippen molar-refractivity contribution in [1.82, 2.24) is 0 Å². The maximum atomic E-state index is 13.7. The molecular formula is C16H3Cl2F27. The van der Waals surface area contributed by atoms with Crippen LogP contribution in [0.5, 0.6) is 0 Å². The summed E-state index contributed by atoms with van der Waals surface area (Å²) >= 11 is 6.62. The molecule has 29 heteroatoms. The molecular weight excluding hydrogens is 776 g/mol. The van der Waals surface area contributed by atoms with Crippen molar-refractivity contribution in [3.05, 3.63) is 11.9 Å². The molecule has 0 aliphatic carbocycles. The van der Waals surface area contributed by atoms with Crippen LogP contribution in [0.15, 0.2) is 11.9 Å². The lowest BCUT2D eigenvalue weighted by Crippen LogP contribution is -2.74. The van der Waals surface area contributed by atoms with Gasteiger partial charge in [-0.15, -0.1) is 0 Å². The van der Waals surface area contributed by atoms with Crippen molar-refractivity contribution in [2.24, 2.45) is 0 Å². The smallest absolute Gasteiger partial charge is 0.205 e. The quantitative estimate of drug-likeness (QED) is 0.122. The van der Waals surface area contributed by atoms with Crippen molar-refractivity contribution in [2.75, 3.05) is 0 Å². The molecule has 0 saturated carbocycles. The molecule has 0 atom stereocenters. The van der Waals surface area contributed by atoms with Crippen molar-refractivity contribution in [1.29, 1.82) is 0 Å². The molecule has 0 aliphatic heterocycles. The largest absolute Gasteiger partial charge is 0.393 e. The second-order valence-corrected chi connectivity index (χ2v) is 9.15. The summed E-state index contributed by atoms with van der Waals surface area (Å²) in [5.74, 6) is -97.4. The average Bonchev–Trinajstić information content (AvgIpc) is 2.79. The molecule has 0 aromatic rings. The number of hydrogen-bond donors (Lipinski definition) is 0. The molecule has 0 spiro atoms. The lowest BCUT2D eigenvalue weighted by molar-refractivity contribution is -0.448. The number of hydrogen-bond acceptors (Lipinski definition) is 0. The molecule has 0 saturated heterocycles. The van der Waals surface area contributed by atoms with Gasteiger partial charge in [-0.05, 0) is 29.3 Å². The van der Waals surface area contributed by atoms with Crippen LogP contribution >= 0.6 is 23.2 Å². The number of allylic oxidation sites excluding steroid dienone is 2. The predicted octanol–water partition coefficient (Wildman–Crippen LogP) is 10.9. The Morgan fingerprint density at radius 1 is 0.356 bits per heavy atom. The zero-order valence-electron chi connectivity index (χ0n) is 19.2. The van der Waals surface area contributed by atoms with Gasteiger partial charge in [-0.3, -0.25) is 0 Å². The highest BCUT2D eigenvalue weighted by Gasteiger charge is 2.95. The zero-order chi connectivity index (χ0) is 37.5. The van der Waals surface area contributed by atoms with Gasteiger partial charge in [0.1, 0.15) is 0 Å². The van der Waals surface area contributed by atoms with Gasteiger partial charge >= 0.3 is 75.9 Å². The van der Waals surface area contributed by atoms with Crippen molar-refractivity contribution in [2.45, 2.75) is 82.3 Å². The van der Waals surface area contributed by atoms with Crippen LogP contribution in [0, 0.1) is 0 Å². The van der Waals surface area contributed by atoms with E-state index in [1.54, 1.807) is 0 Å². The van der Waals surface area contributed by atoms with Gasteiger partial charge in [-0.2, -0.15) is 114 Å². The van der Waals surface area contributed by atoms with Crippen molar-refractivity contribution in [3.63, 3.8) is 0 Å². The lowest BCUT2D eigenvalue weighted by atomic mass is 9.88. The van der Waals surface area contributed by atoms with Gasteiger partial charge in [0.05, 0.1) is 0 Å². The van der Waals surface area contributed by atoms with Crippen LogP contribution in [0.3, 0.4) is 0 Å². The zero-order valence-corrected chi connectivity index (χ0v) is 20.8. The van der Waals surface area contributed by atoms with Crippen LogP contribution in [0.2, 0.25) is 0 Å². The molecule has 270 valence electrons. The monoisotopic (exact) mass is 778 g/mol. The summed E-state index contributed by atoms with van der Waals surface area (Å²) in [6.07, 6.45) is -6.78. The normalized spacial score (nSPS) is 17.2. The maximum absolute atomic E-state index is 13.7. The average molecular weight is 779 g/mol. The van der Waals surface area contributed by atoms with Crippen molar-refractivity contribution >= 4 is 23.2 Å². The van der Waals surface area contributed by atoms with Gasteiger partial charge in [0.25, 0.3) is 0 Å². The first kappa shape index (κ1) is 43.4. The standard InChI is InChI=1S/C16H3Cl2F27/c17-15(42,43)13(38,39)9(30,31)7(26,27)5(22,23)3(19)1-2-4(20,21)6(24,25)8(28,29)10(32,33)11(34,35)12(36,37)14(40,41)16(18,44)45/h1H,2H2/b3-1-. The summed E-state index contributed by atoms with van der Waals surface area (Å²) < 4.78 is 357. The third kappa shape index (κ3) is 5.79. The minimum Gasteiger partial charge on any atom is -0.205 e. The fourth-order valence-electron chi connectivity index (χ4n) is 2.39. The summed E-state index contributed by atoms with van der Waals surface area (Å²) in [5, 5.41) is -14.1. The number of alkyl halides is 28. The van der Waals surface area contributed by atoms with E-state index in [0.29, 0.717) is 0 Å². The molecule has 0 unspecified atom stereocenters. The van der Waals surface area contributed by atoms with E-state index in [4.69, 9.17) is 0 Å². The Kier molecular flexibility index (Phi) is 10.6. The minimum atomic E-state index is -9.10. The van der Waals surface area contributed by atoms with Crippen LogP contribution in [-0.4, -0.2) is 75.9 Å². The van der Waals surface area contributed by atoms with E-state index in [2.05, 4.69) is 23.2 Å². The van der Waals surface area contributed by atoms with Gasteiger partial charge in [0, 0.05) is 6.42 Å². The Hall–Kier alpha value is -1.57. The van der Waals surface area contributed by atoms with Gasteiger partial charge in [-0.25, -0.2) is 4.39 Å². The summed E-state index contributed by atoms with van der Waals surface area (Å²) in [4.78, 5) is 0. The fourth-order valence-corrected chi connectivity index (χ4v) is 2.63. The predicted molar refractivity (Wildman–Crippen MR) is 89.8 cm³/mol. The van der Waals surface area contributed by atoms with Crippen LogP contribution in [0.4, 0.5) is 119 Å². The van der Waals surface area contributed by atoms with Crippen molar-refractivity contribution < 1.29 is 119 Å². The lowest BCUT2D eigenvalue weighted by Gasteiger charge is -2.43. The molecule has 0 amide bonds. The highest BCUT2D eigenvalue weighted by Crippen LogP contribution is 2.65. The van der Waals surface area contributed by atoms with Crippen LogP contribution in [0.25, 0.3) is 0 Å². The van der Waals surface area contributed by atoms with Gasteiger partial charge in [0.2, 0.25) is 0 Å². The Bertz CT molecular complexity index is 1100. The first-order valence-electron chi connectivity index (χ1n) is 9.53. The van der Waals surface area contributed by atoms with Gasteiger partial charge < -0.3 is 0 Å². The summed E-state index contributed by atoms with van der Waals surface area (Å²) in [5.41, 5.74) is 0. The first-order valence-corrected chi connectivity index (χ1v) is 10.3.